The minimum Gasteiger partial charge on any atom is -0.473 e. The average molecular weight is 428 g/mol. The van der Waals surface area contributed by atoms with Gasteiger partial charge in [0.2, 0.25) is 11.4 Å². The Labute approximate surface area is 181 Å². The normalized spacial score (nSPS) is 8.97. The fraction of sp³-hybridized carbons (Fsp3) is 0.217. The SMILES string of the molecule is C.C.COC(=O)c1cccc(=O)[nH]1.COC(=O)c1cccc(OCc2ccccc2)n1. The molecular formula is C23H28N2O6. The molecule has 1 aromatic carbocycles. The molecule has 0 unspecified atom stereocenters. The zero-order valence-electron chi connectivity index (χ0n) is 16.0. The van der Waals surface area contributed by atoms with Crippen LogP contribution in [0.5, 0.6) is 5.88 Å². The average Bonchev–Trinajstić information content (AvgIpc) is 2.78. The highest BCUT2D eigenvalue weighted by molar-refractivity contribution is 5.87. The van der Waals surface area contributed by atoms with Crippen molar-refractivity contribution in [3.8, 4) is 5.88 Å². The van der Waals surface area contributed by atoms with Gasteiger partial charge in [-0.1, -0.05) is 57.3 Å². The predicted octanol–water partition coefficient (Wildman–Crippen LogP) is 3.88. The highest BCUT2D eigenvalue weighted by Gasteiger charge is 2.08. The smallest absolute Gasteiger partial charge is 0.356 e. The van der Waals surface area contributed by atoms with Crippen LogP contribution < -0.4 is 10.3 Å². The lowest BCUT2D eigenvalue weighted by Crippen LogP contribution is -2.11. The van der Waals surface area contributed by atoms with Crippen molar-refractivity contribution >= 4 is 11.9 Å². The van der Waals surface area contributed by atoms with Crippen LogP contribution in [0.15, 0.2) is 71.5 Å². The van der Waals surface area contributed by atoms with Gasteiger partial charge in [0.05, 0.1) is 14.2 Å². The molecule has 166 valence electrons. The second-order valence-electron chi connectivity index (χ2n) is 5.55. The molecule has 3 rings (SSSR count). The number of methoxy groups -OCH3 is 2. The van der Waals surface area contributed by atoms with Crippen molar-refractivity contribution < 1.29 is 23.8 Å². The van der Waals surface area contributed by atoms with Gasteiger partial charge in [0.15, 0.2) is 5.69 Å². The number of aromatic amines is 1. The summed E-state index contributed by atoms with van der Waals surface area (Å²) in [4.78, 5) is 39.1. The largest absolute Gasteiger partial charge is 0.473 e. The van der Waals surface area contributed by atoms with Gasteiger partial charge in [-0.25, -0.2) is 14.6 Å². The van der Waals surface area contributed by atoms with Gasteiger partial charge in [-0.2, -0.15) is 0 Å². The van der Waals surface area contributed by atoms with Crippen LogP contribution in [0.1, 0.15) is 41.4 Å². The Hall–Kier alpha value is -3.94. The van der Waals surface area contributed by atoms with Gasteiger partial charge < -0.3 is 19.2 Å². The number of hydrogen-bond donors (Lipinski definition) is 1. The van der Waals surface area contributed by atoms with E-state index in [-0.39, 0.29) is 31.8 Å². The minimum absolute atomic E-state index is 0. The van der Waals surface area contributed by atoms with E-state index in [0.29, 0.717) is 12.5 Å². The lowest BCUT2D eigenvalue weighted by Gasteiger charge is -2.06. The van der Waals surface area contributed by atoms with Gasteiger partial charge in [-0.15, -0.1) is 0 Å². The summed E-state index contributed by atoms with van der Waals surface area (Å²) in [6, 6.07) is 19.0. The molecule has 0 spiro atoms. The van der Waals surface area contributed by atoms with Crippen molar-refractivity contribution in [3.63, 3.8) is 0 Å². The molecule has 0 aliphatic carbocycles. The number of H-pyrrole nitrogens is 1. The van der Waals surface area contributed by atoms with Crippen molar-refractivity contribution in [1.29, 1.82) is 0 Å². The first-order valence-electron chi connectivity index (χ1n) is 8.53. The number of nitrogens with one attached hydrogen (secondary N) is 1. The summed E-state index contributed by atoms with van der Waals surface area (Å²) < 4.78 is 14.5. The van der Waals surface area contributed by atoms with E-state index in [4.69, 9.17) is 4.74 Å². The van der Waals surface area contributed by atoms with E-state index in [1.165, 1.54) is 32.4 Å². The summed E-state index contributed by atoms with van der Waals surface area (Å²) in [5.74, 6) is -0.607. The maximum Gasteiger partial charge on any atom is 0.356 e. The van der Waals surface area contributed by atoms with E-state index in [1.807, 2.05) is 30.3 Å². The topological polar surface area (TPSA) is 108 Å². The third-order valence-corrected chi connectivity index (χ3v) is 3.52. The number of benzene rings is 1. The Morgan fingerprint density at radius 3 is 2.10 bits per heavy atom. The highest BCUT2D eigenvalue weighted by Crippen LogP contribution is 2.11. The zero-order chi connectivity index (χ0) is 21.1. The second kappa shape index (κ2) is 14.1. The number of aromatic nitrogens is 2. The Morgan fingerprint density at radius 2 is 1.48 bits per heavy atom. The molecule has 8 heteroatoms. The van der Waals surface area contributed by atoms with Gasteiger partial charge in [0.25, 0.3) is 0 Å². The molecule has 2 aromatic heterocycles. The number of esters is 2. The summed E-state index contributed by atoms with van der Waals surface area (Å²) in [7, 11) is 2.58. The number of carbonyl (C=O) groups excluding carboxylic acids is 2. The molecule has 3 aromatic rings. The summed E-state index contributed by atoms with van der Waals surface area (Å²) in [6.07, 6.45) is 0. The first-order valence-corrected chi connectivity index (χ1v) is 8.53. The number of carbonyl (C=O) groups is 2. The zero-order valence-corrected chi connectivity index (χ0v) is 16.0. The summed E-state index contributed by atoms with van der Waals surface area (Å²) in [5.41, 5.74) is 1.14. The number of rotatable bonds is 5. The van der Waals surface area contributed by atoms with Gasteiger partial charge >= 0.3 is 11.9 Å². The Morgan fingerprint density at radius 1 is 0.839 bits per heavy atom. The minimum atomic E-state index is -0.539. The van der Waals surface area contributed by atoms with Crippen molar-refractivity contribution in [2.45, 2.75) is 21.5 Å². The summed E-state index contributed by atoms with van der Waals surface area (Å²) >= 11 is 0. The Balaban J connectivity index is 0.000000603. The van der Waals surface area contributed by atoms with Crippen LogP contribution in [-0.4, -0.2) is 36.1 Å². The lowest BCUT2D eigenvalue weighted by atomic mass is 10.2. The van der Waals surface area contributed by atoms with E-state index in [0.717, 1.165) is 5.56 Å². The quantitative estimate of drug-likeness (QED) is 0.614. The molecule has 0 saturated heterocycles. The van der Waals surface area contributed by atoms with Crippen molar-refractivity contribution in [1.82, 2.24) is 9.97 Å². The first-order chi connectivity index (χ1) is 14.0. The molecule has 0 radical (unpaired) electrons. The maximum atomic E-state index is 11.3. The van der Waals surface area contributed by atoms with Gasteiger partial charge in [-0.05, 0) is 17.7 Å². The van der Waals surface area contributed by atoms with E-state index in [2.05, 4.69) is 19.4 Å². The molecule has 0 aliphatic rings. The Kier molecular flexibility index (Phi) is 12.3. The third-order valence-electron chi connectivity index (χ3n) is 3.52. The van der Waals surface area contributed by atoms with Crippen LogP contribution in [0.3, 0.4) is 0 Å². The lowest BCUT2D eigenvalue weighted by molar-refractivity contribution is 0.0584. The second-order valence-corrected chi connectivity index (χ2v) is 5.55. The van der Waals surface area contributed by atoms with Crippen molar-refractivity contribution in [2.75, 3.05) is 14.2 Å². The molecule has 31 heavy (non-hydrogen) atoms. The monoisotopic (exact) mass is 428 g/mol. The Bertz CT molecular complexity index is 1000. The van der Waals surface area contributed by atoms with Crippen LogP contribution in [0.2, 0.25) is 0 Å². The van der Waals surface area contributed by atoms with E-state index in [9.17, 15) is 14.4 Å². The number of nitrogens with zero attached hydrogens (tertiary/aromatic N) is 1. The molecule has 0 fully saturated rings. The first kappa shape index (κ1) is 27.1. The molecule has 0 atom stereocenters. The van der Waals surface area contributed by atoms with Crippen LogP contribution in [0.4, 0.5) is 0 Å². The molecule has 0 bridgehead atoms. The van der Waals surface area contributed by atoms with Crippen LogP contribution >= 0.6 is 0 Å². The predicted molar refractivity (Wildman–Crippen MR) is 118 cm³/mol. The molecule has 0 amide bonds. The van der Waals surface area contributed by atoms with Crippen molar-refractivity contribution in [3.05, 3.63) is 94.0 Å². The van der Waals surface area contributed by atoms with Crippen LogP contribution in [0, 0.1) is 0 Å². The molecule has 0 saturated carbocycles. The number of pyridine rings is 2. The molecule has 1 N–H and O–H groups in total. The van der Waals surface area contributed by atoms with Crippen LogP contribution in [-0.2, 0) is 16.1 Å². The molecular weight excluding hydrogens is 400 g/mol. The van der Waals surface area contributed by atoms with Gasteiger partial charge in [0, 0.05) is 12.1 Å². The fourth-order valence-corrected chi connectivity index (χ4v) is 2.12. The molecule has 8 nitrogen and oxygen atoms in total. The maximum absolute atomic E-state index is 11.3. The third kappa shape index (κ3) is 8.95. The molecule has 2 heterocycles. The van der Waals surface area contributed by atoms with Gasteiger partial charge in [0.1, 0.15) is 12.3 Å². The fourth-order valence-electron chi connectivity index (χ4n) is 2.12. The summed E-state index contributed by atoms with van der Waals surface area (Å²) in [6.45, 7) is 0.415. The number of ether oxygens (including phenoxy) is 3. The number of hydrogen-bond acceptors (Lipinski definition) is 7. The van der Waals surface area contributed by atoms with E-state index in [1.54, 1.807) is 18.2 Å². The summed E-state index contributed by atoms with van der Waals surface area (Å²) in [5, 5.41) is 0. The van der Waals surface area contributed by atoms with Crippen molar-refractivity contribution in [2.24, 2.45) is 0 Å². The van der Waals surface area contributed by atoms with Crippen LogP contribution in [0.25, 0.3) is 0 Å². The van der Waals surface area contributed by atoms with E-state index < -0.39 is 11.9 Å². The highest BCUT2D eigenvalue weighted by atomic mass is 16.5. The van der Waals surface area contributed by atoms with E-state index >= 15 is 0 Å². The van der Waals surface area contributed by atoms with Gasteiger partial charge in [-0.3, -0.25) is 4.79 Å². The molecule has 0 aliphatic heterocycles. The standard InChI is InChI=1S/C14H13NO3.C7H7NO3.2CH4/c1-17-14(16)12-8-5-9-13(15-12)18-10-11-6-3-2-4-7-11;1-11-7(10)5-3-2-4-6(9)8-5;;/h2-9H,10H2,1H3;2-4H,1H3,(H,8,9);2*1H4.